The molecule has 0 spiro atoms. The van der Waals surface area contributed by atoms with E-state index < -0.39 is 31.1 Å². The van der Waals surface area contributed by atoms with Crippen molar-refractivity contribution in [3.05, 3.63) is 18.1 Å². The molecule has 1 saturated heterocycles. The number of ether oxygens (including phenoxy) is 1. The highest BCUT2D eigenvalue weighted by atomic mass is 16.6. The van der Waals surface area contributed by atoms with Crippen LogP contribution in [0.15, 0.2) is 17.5 Å². The molecule has 25 heavy (non-hydrogen) atoms. The van der Waals surface area contributed by atoms with Crippen LogP contribution in [0.25, 0.3) is 11.0 Å². The predicted octanol–water partition coefficient (Wildman–Crippen LogP) is -1.64. The Morgan fingerprint density at radius 1 is 1.32 bits per heavy atom. The molecule has 4 atom stereocenters. The van der Waals surface area contributed by atoms with E-state index in [2.05, 4.69) is 20.3 Å². The molecule has 0 aliphatic carbocycles. The van der Waals surface area contributed by atoms with Gasteiger partial charge in [-0.3, -0.25) is 4.99 Å². The van der Waals surface area contributed by atoms with Gasteiger partial charge in [0.2, 0.25) is 0 Å². The molecule has 0 saturated carbocycles. The van der Waals surface area contributed by atoms with Crippen molar-refractivity contribution in [2.45, 2.75) is 31.0 Å². The third-order valence-corrected chi connectivity index (χ3v) is 4.58. The van der Waals surface area contributed by atoms with Crippen molar-refractivity contribution in [2.75, 3.05) is 25.4 Å². The summed E-state index contributed by atoms with van der Waals surface area (Å²) in [6, 6.07) is 0. The molecule has 0 radical (unpaired) electrons. The molecule has 2 aromatic rings. The van der Waals surface area contributed by atoms with Crippen LogP contribution in [0.2, 0.25) is 0 Å². The molecule has 0 aromatic carbocycles. The molecule has 1 fully saturated rings. The van der Waals surface area contributed by atoms with Gasteiger partial charge in [0.1, 0.15) is 41.9 Å². The molecule has 0 amide bonds. The van der Waals surface area contributed by atoms with Crippen molar-refractivity contribution in [3.8, 4) is 0 Å². The second-order valence-electron chi connectivity index (χ2n) is 6.15. The monoisotopic (exact) mass is 348 g/mol. The number of anilines is 1. The van der Waals surface area contributed by atoms with Crippen molar-refractivity contribution in [3.63, 3.8) is 0 Å². The van der Waals surface area contributed by atoms with Crippen molar-refractivity contribution >= 4 is 22.7 Å². The van der Waals surface area contributed by atoms with E-state index in [1.165, 1.54) is 6.33 Å². The van der Waals surface area contributed by atoms with Crippen molar-refractivity contribution in [2.24, 2.45) is 4.99 Å². The fourth-order valence-corrected chi connectivity index (χ4v) is 3.30. The molecule has 4 heterocycles. The van der Waals surface area contributed by atoms with E-state index in [4.69, 9.17) is 10.5 Å². The first-order chi connectivity index (χ1) is 12.1. The standard InChI is InChI=1S/C15H20N6O4/c16-12-9-7(13-17-2-1-3-18-13)4-21(14(9)20-6-19-12)15-11(24)10(23)8(5-22)25-15/h4,6,8,10-11,15,22-24H,1-3,5H2,(H,17,18)(H2,16,19,20). The summed E-state index contributed by atoms with van der Waals surface area (Å²) in [5.74, 6) is 0.976. The number of aromatic nitrogens is 3. The number of fused-ring (bicyclic) bond motifs is 1. The first-order valence-corrected chi connectivity index (χ1v) is 8.14. The number of nitrogens with two attached hydrogens (primary N) is 1. The second kappa shape index (κ2) is 6.23. The number of hydrogen-bond donors (Lipinski definition) is 5. The highest BCUT2D eigenvalue weighted by Crippen LogP contribution is 2.34. The van der Waals surface area contributed by atoms with E-state index in [0.29, 0.717) is 34.8 Å². The van der Waals surface area contributed by atoms with Crippen LogP contribution in [0, 0.1) is 0 Å². The third kappa shape index (κ3) is 2.54. The van der Waals surface area contributed by atoms with Gasteiger partial charge in [-0.1, -0.05) is 0 Å². The molecule has 4 unspecified atom stereocenters. The summed E-state index contributed by atoms with van der Waals surface area (Å²) in [6.45, 7) is 1.11. The fourth-order valence-electron chi connectivity index (χ4n) is 3.30. The summed E-state index contributed by atoms with van der Waals surface area (Å²) < 4.78 is 7.22. The second-order valence-corrected chi connectivity index (χ2v) is 6.15. The van der Waals surface area contributed by atoms with Crippen LogP contribution in [-0.4, -0.2) is 73.7 Å². The lowest BCUT2D eigenvalue weighted by molar-refractivity contribution is -0.0508. The molecule has 134 valence electrons. The predicted molar refractivity (Wildman–Crippen MR) is 89.0 cm³/mol. The average Bonchev–Trinajstić information content (AvgIpc) is 3.15. The van der Waals surface area contributed by atoms with Crippen LogP contribution in [0.3, 0.4) is 0 Å². The molecule has 2 aromatic heterocycles. The smallest absolute Gasteiger partial charge is 0.164 e. The maximum Gasteiger partial charge on any atom is 0.164 e. The minimum atomic E-state index is -1.21. The summed E-state index contributed by atoms with van der Waals surface area (Å²) in [5.41, 5.74) is 7.23. The van der Waals surface area contributed by atoms with E-state index in [1.807, 2.05) is 0 Å². The number of nitrogen functional groups attached to an aromatic ring is 1. The van der Waals surface area contributed by atoms with Gasteiger partial charge in [-0.2, -0.15) is 0 Å². The Bertz CT molecular complexity index is 822. The number of aliphatic hydroxyl groups is 3. The topological polar surface area (TPSA) is 151 Å². The van der Waals surface area contributed by atoms with E-state index >= 15 is 0 Å². The molecular weight excluding hydrogens is 328 g/mol. The first-order valence-electron chi connectivity index (χ1n) is 8.14. The highest BCUT2D eigenvalue weighted by molar-refractivity contribution is 6.12. The molecule has 10 nitrogen and oxygen atoms in total. The molecule has 4 rings (SSSR count). The Kier molecular flexibility index (Phi) is 4.04. The van der Waals surface area contributed by atoms with Gasteiger partial charge in [-0.05, 0) is 6.42 Å². The maximum absolute atomic E-state index is 10.3. The number of aliphatic imine (C=N–C) groups is 1. The van der Waals surface area contributed by atoms with Crippen LogP contribution in [0.5, 0.6) is 0 Å². The summed E-state index contributed by atoms with van der Waals surface area (Å²) in [7, 11) is 0. The van der Waals surface area contributed by atoms with Gasteiger partial charge >= 0.3 is 0 Å². The normalized spacial score (nSPS) is 29.6. The van der Waals surface area contributed by atoms with Crippen LogP contribution >= 0.6 is 0 Å². The lowest BCUT2D eigenvalue weighted by atomic mass is 10.1. The summed E-state index contributed by atoms with van der Waals surface area (Å²) >= 11 is 0. The Hall–Kier alpha value is -2.27. The first kappa shape index (κ1) is 16.2. The fraction of sp³-hybridized carbons (Fsp3) is 0.533. The lowest BCUT2D eigenvalue weighted by Gasteiger charge is -2.17. The van der Waals surface area contributed by atoms with Crippen LogP contribution in [0.1, 0.15) is 18.2 Å². The quantitative estimate of drug-likeness (QED) is 0.443. The van der Waals surface area contributed by atoms with E-state index in [1.54, 1.807) is 10.8 Å². The van der Waals surface area contributed by atoms with Gasteiger partial charge < -0.3 is 35.7 Å². The number of rotatable bonds is 3. The Morgan fingerprint density at radius 3 is 2.84 bits per heavy atom. The maximum atomic E-state index is 10.3. The number of aliphatic hydroxyl groups excluding tert-OH is 3. The minimum absolute atomic E-state index is 0.292. The van der Waals surface area contributed by atoms with Crippen molar-refractivity contribution in [1.82, 2.24) is 19.9 Å². The van der Waals surface area contributed by atoms with Crippen LogP contribution in [-0.2, 0) is 4.74 Å². The van der Waals surface area contributed by atoms with Gasteiger partial charge in [0, 0.05) is 24.8 Å². The number of amidine groups is 1. The van der Waals surface area contributed by atoms with Gasteiger partial charge in [0.15, 0.2) is 6.23 Å². The average molecular weight is 348 g/mol. The largest absolute Gasteiger partial charge is 0.394 e. The third-order valence-electron chi connectivity index (χ3n) is 4.58. The molecule has 2 aliphatic heterocycles. The Balaban J connectivity index is 1.85. The van der Waals surface area contributed by atoms with E-state index in [0.717, 1.165) is 13.0 Å². The van der Waals surface area contributed by atoms with Crippen molar-refractivity contribution < 1.29 is 20.1 Å². The van der Waals surface area contributed by atoms with Crippen molar-refractivity contribution in [1.29, 1.82) is 0 Å². The molecule has 2 aliphatic rings. The molecular formula is C15H20N6O4. The summed E-state index contributed by atoms with van der Waals surface area (Å²) in [6.07, 6.45) is -0.170. The van der Waals surface area contributed by atoms with Gasteiger partial charge in [-0.25, -0.2) is 9.97 Å². The van der Waals surface area contributed by atoms with Crippen LogP contribution < -0.4 is 11.1 Å². The zero-order valence-corrected chi connectivity index (χ0v) is 13.4. The molecule has 0 bridgehead atoms. The highest BCUT2D eigenvalue weighted by Gasteiger charge is 2.44. The summed E-state index contributed by atoms with van der Waals surface area (Å²) in [4.78, 5) is 12.8. The number of nitrogens with zero attached hydrogens (tertiary/aromatic N) is 4. The minimum Gasteiger partial charge on any atom is -0.394 e. The zero-order chi connectivity index (χ0) is 17.6. The number of nitrogens with one attached hydrogen (secondary N) is 1. The molecule has 10 heteroatoms. The van der Waals surface area contributed by atoms with Gasteiger partial charge in [0.25, 0.3) is 0 Å². The van der Waals surface area contributed by atoms with Crippen LogP contribution in [0.4, 0.5) is 5.82 Å². The SMILES string of the molecule is Nc1ncnc2c1c(C1=NCCCN1)cn2C1OC(CO)C(O)C1O. The lowest BCUT2D eigenvalue weighted by Crippen LogP contribution is -2.33. The van der Waals surface area contributed by atoms with Gasteiger partial charge in [0.05, 0.1) is 12.0 Å². The zero-order valence-electron chi connectivity index (χ0n) is 13.4. The van der Waals surface area contributed by atoms with Gasteiger partial charge in [-0.15, -0.1) is 0 Å². The number of hydrogen-bond acceptors (Lipinski definition) is 9. The van der Waals surface area contributed by atoms with E-state index in [-0.39, 0.29) is 0 Å². The van der Waals surface area contributed by atoms with E-state index in [9.17, 15) is 15.3 Å². The Labute approximate surface area is 143 Å². The summed E-state index contributed by atoms with van der Waals surface area (Å²) in [5, 5.41) is 33.5. The Morgan fingerprint density at radius 2 is 2.16 bits per heavy atom. The molecule has 6 N–H and O–H groups in total.